The third-order valence-corrected chi connectivity index (χ3v) is 2.82. The van der Waals surface area contributed by atoms with Gasteiger partial charge in [-0.15, -0.1) is 0 Å². The van der Waals surface area contributed by atoms with Crippen LogP contribution in [0.2, 0.25) is 0 Å². The Hall–Kier alpha value is -1.07. The van der Waals surface area contributed by atoms with Crippen LogP contribution in [0.15, 0.2) is 28.7 Å². The molecule has 94 valence electrons. The molecule has 3 N–H and O–H groups in total. The number of hydrazine groups is 1. The molecule has 0 radical (unpaired) electrons. The van der Waals surface area contributed by atoms with Gasteiger partial charge in [-0.05, 0) is 43.5 Å². The third kappa shape index (κ3) is 6.28. The van der Waals surface area contributed by atoms with Crippen LogP contribution in [0, 0.1) is 0 Å². The zero-order valence-electron chi connectivity index (χ0n) is 9.62. The maximum Gasteiger partial charge on any atom is 0.233 e. The Balaban J connectivity index is 2.04. The molecule has 5 heteroatoms. The van der Waals surface area contributed by atoms with E-state index in [0.29, 0.717) is 13.0 Å². The summed E-state index contributed by atoms with van der Waals surface area (Å²) in [6.07, 6.45) is 3.22. The van der Waals surface area contributed by atoms with Crippen molar-refractivity contribution < 1.29 is 9.53 Å². The SMILES string of the molecule is NNC(=O)CCCCCOc1ccc(Br)cc1. The zero-order chi connectivity index (χ0) is 12.5. The number of carbonyl (C=O) groups is 1. The fourth-order valence-electron chi connectivity index (χ4n) is 1.36. The summed E-state index contributed by atoms with van der Waals surface area (Å²) in [5.74, 6) is 5.73. The molecule has 0 aliphatic heterocycles. The normalized spacial score (nSPS) is 10.0. The number of carbonyl (C=O) groups excluding carboxylic acids is 1. The molecule has 0 fully saturated rings. The van der Waals surface area contributed by atoms with Crippen molar-refractivity contribution in [2.24, 2.45) is 5.84 Å². The van der Waals surface area contributed by atoms with E-state index in [1.165, 1.54) is 0 Å². The standard InChI is InChI=1S/C12H17BrN2O2/c13-10-5-7-11(8-6-10)17-9-3-1-2-4-12(16)15-14/h5-8H,1-4,9,14H2,(H,15,16). The highest BCUT2D eigenvalue weighted by Gasteiger charge is 1.98. The van der Waals surface area contributed by atoms with E-state index in [4.69, 9.17) is 10.6 Å². The van der Waals surface area contributed by atoms with Gasteiger partial charge in [-0.2, -0.15) is 0 Å². The molecule has 0 aromatic heterocycles. The number of rotatable bonds is 7. The van der Waals surface area contributed by atoms with Crippen molar-refractivity contribution in [3.63, 3.8) is 0 Å². The monoisotopic (exact) mass is 300 g/mol. The van der Waals surface area contributed by atoms with Crippen molar-refractivity contribution in [1.82, 2.24) is 5.43 Å². The summed E-state index contributed by atoms with van der Waals surface area (Å²) in [4.78, 5) is 10.8. The highest BCUT2D eigenvalue weighted by molar-refractivity contribution is 9.10. The summed E-state index contributed by atoms with van der Waals surface area (Å²) < 4.78 is 6.59. The van der Waals surface area contributed by atoms with Crippen molar-refractivity contribution in [2.45, 2.75) is 25.7 Å². The van der Waals surface area contributed by atoms with E-state index in [2.05, 4.69) is 21.4 Å². The minimum absolute atomic E-state index is 0.112. The maximum absolute atomic E-state index is 10.8. The Morgan fingerprint density at radius 1 is 1.24 bits per heavy atom. The Morgan fingerprint density at radius 3 is 2.59 bits per heavy atom. The van der Waals surface area contributed by atoms with E-state index >= 15 is 0 Å². The van der Waals surface area contributed by atoms with Gasteiger partial charge in [0.25, 0.3) is 0 Å². The van der Waals surface area contributed by atoms with Gasteiger partial charge in [0.15, 0.2) is 0 Å². The lowest BCUT2D eigenvalue weighted by Gasteiger charge is -2.05. The molecular weight excluding hydrogens is 284 g/mol. The lowest BCUT2D eigenvalue weighted by molar-refractivity contribution is -0.121. The molecule has 0 saturated heterocycles. The first kappa shape index (κ1) is 14.0. The first-order valence-electron chi connectivity index (χ1n) is 5.60. The molecule has 0 aliphatic rings. The summed E-state index contributed by atoms with van der Waals surface area (Å²) in [6, 6.07) is 7.74. The molecule has 0 bridgehead atoms. The lowest BCUT2D eigenvalue weighted by Crippen LogP contribution is -2.29. The summed E-state index contributed by atoms with van der Waals surface area (Å²) >= 11 is 3.36. The minimum Gasteiger partial charge on any atom is -0.494 e. The van der Waals surface area contributed by atoms with E-state index in [9.17, 15) is 4.79 Å². The van der Waals surface area contributed by atoms with Crippen LogP contribution in [0.5, 0.6) is 5.75 Å². The van der Waals surface area contributed by atoms with E-state index < -0.39 is 0 Å². The van der Waals surface area contributed by atoms with E-state index in [1.54, 1.807) is 0 Å². The van der Waals surface area contributed by atoms with Crippen LogP contribution in [0.3, 0.4) is 0 Å². The number of nitrogens with one attached hydrogen (secondary N) is 1. The average molecular weight is 301 g/mol. The molecule has 0 spiro atoms. The zero-order valence-corrected chi connectivity index (χ0v) is 11.2. The second kappa shape index (κ2) is 8.08. The molecule has 17 heavy (non-hydrogen) atoms. The van der Waals surface area contributed by atoms with Gasteiger partial charge in [0.05, 0.1) is 6.61 Å². The second-order valence-electron chi connectivity index (χ2n) is 3.68. The van der Waals surface area contributed by atoms with Gasteiger partial charge in [-0.25, -0.2) is 5.84 Å². The van der Waals surface area contributed by atoms with Gasteiger partial charge in [-0.1, -0.05) is 15.9 Å². The third-order valence-electron chi connectivity index (χ3n) is 2.29. The average Bonchev–Trinajstić information content (AvgIpc) is 2.35. The Labute approximate surface area is 110 Å². The van der Waals surface area contributed by atoms with E-state index in [1.807, 2.05) is 24.3 Å². The van der Waals surface area contributed by atoms with Crippen LogP contribution < -0.4 is 16.0 Å². The maximum atomic E-state index is 10.8. The summed E-state index contributed by atoms with van der Waals surface area (Å²) in [6.45, 7) is 0.672. The molecule has 1 aromatic carbocycles. The predicted octanol–water partition coefficient (Wildman–Crippen LogP) is 2.38. The fraction of sp³-hybridized carbons (Fsp3) is 0.417. The first-order chi connectivity index (χ1) is 8.22. The van der Waals surface area contributed by atoms with E-state index in [0.717, 1.165) is 29.5 Å². The van der Waals surface area contributed by atoms with Gasteiger partial charge >= 0.3 is 0 Å². The van der Waals surface area contributed by atoms with Crippen molar-refractivity contribution in [3.05, 3.63) is 28.7 Å². The number of hydrogen-bond donors (Lipinski definition) is 2. The quantitative estimate of drug-likeness (QED) is 0.352. The largest absolute Gasteiger partial charge is 0.494 e. The summed E-state index contributed by atoms with van der Waals surface area (Å²) in [5, 5.41) is 0. The van der Waals surface area contributed by atoms with Crippen LogP contribution >= 0.6 is 15.9 Å². The lowest BCUT2D eigenvalue weighted by atomic mass is 10.2. The molecule has 0 atom stereocenters. The number of halogens is 1. The predicted molar refractivity (Wildman–Crippen MR) is 70.4 cm³/mol. The Bertz CT molecular complexity index is 341. The highest BCUT2D eigenvalue weighted by Crippen LogP contribution is 2.16. The van der Waals surface area contributed by atoms with Crippen LogP contribution in [0.1, 0.15) is 25.7 Å². The number of benzene rings is 1. The molecule has 0 aliphatic carbocycles. The molecule has 0 saturated carbocycles. The molecular formula is C12H17BrN2O2. The second-order valence-corrected chi connectivity index (χ2v) is 4.60. The number of ether oxygens (including phenoxy) is 1. The van der Waals surface area contributed by atoms with Gasteiger partial charge in [-0.3, -0.25) is 10.2 Å². The smallest absolute Gasteiger partial charge is 0.233 e. The van der Waals surface area contributed by atoms with Crippen LogP contribution in [-0.4, -0.2) is 12.5 Å². The topological polar surface area (TPSA) is 64.3 Å². The Morgan fingerprint density at radius 2 is 1.94 bits per heavy atom. The highest BCUT2D eigenvalue weighted by atomic mass is 79.9. The van der Waals surface area contributed by atoms with E-state index in [-0.39, 0.29) is 5.91 Å². The minimum atomic E-state index is -0.112. The molecule has 1 amide bonds. The molecule has 0 heterocycles. The van der Waals surface area contributed by atoms with Crippen LogP contribution in [-0.2, 0) is 4.79 Å². The summed E-state index contributed by atoms with van der Waals surface area (Å²) in [5.41, 5.74) is 2.11. The number of hydrogen-bond acceptors (Lipinski definition) is 3. The molecule has 4 nitrogen and oxygen atoms in total. The van der Waals surface area contributed by atoms with Crippen molar-refractivity contribution >= 4 is 21.8 Å². The number of nitrogens with two attached hydrogens (primary N) is 1. The van der Waals surface area contributed by atoms with Crippen LogP contribution in [0.25, 0.3) is 0 Å². The van der Waals surface area contributed by atoms with Crippen molar-refractivity contribution in [1.29, 1.82) is 0 Å². The fourth-order valence-corrected chi connectivity index (χ4v) is 1.62. The van der Waals surface area contributed by atoms with Gasteiger partial charge in [0.2, 0.25) is 5.91 Å². The number of unbranched alkanes of at least 4 members (excludes halogenated alkanes) is 2. The molecule has 1 aromatic rings. The van der Waals surface area contributed by atoms with Crippen molar-refractivity contribution in [3.8, 4) is 5.75 Å². The van der Waals surface area contributed by atoms with Gasteiger partial charge in [0, 0.05) is 10.9 Å². The molecule has 1 rings (SSSR count). The Kier molecular flexibility index (Phi) is 6.65. The van der Waals surface area contributed by atoms with Crippen LogP contribution in [0.4, 0.5) is 0 Å². The van der Waals surface area contributed by atoms with Gasteiger partial charge < -0.3 is 4.74 Å². The molecule has 0 unspecified atom stereocenters. The van der Waals surface area contributed by atoms with Gasteiger partial charge in [0.1, 0.15) is 5.75 Å². The first-order valence-corrected chi connectivity index (χ1v) is 6.39. The summed E-state index contributed by atoms with van der Waals surface area (Å²) in [7, 11) is 0. The number of amides is 1. The van der Waals surface area contributed by atoms with Crippen molar-refractivity contribution in [2.75, 3.05) is 6.61 Å².